The van der Waals surface area contributed by atoms with E-state index in [-0.39, 0.29) is 5.90 Å². The summed E-state index contributed by atoms with van der Waals surface area (Å²) in [4.78, 5) is 15.0. The Hall–Kier alpha value is -1.14. The molecule has 2 aliphatic heterocycles. The minimum absolute atomic E-state index is 0.0392. The van der Waals surface area contributed by atoms with E-state index in [2.05, 4.69) is 10.3 Å². The highest BCUT2D eigenvalue weighted by atomic mass is 16.7. The van der Waals surface area contributed by atoms with Gasteiger partial charge in [0.25, 0.3) is 12.3 Å². The van der Waals surface area contributed by atoms with Crippen molar-refractivity contribution in [3.63, 3.8) is 0 Å². The van der Waals surface area contributed by atoms with Crippen LogP contribution in [0, 0.1) is 0 Å². The fraction of sp³-hybridized carbons (Fsp3) is 0.714. The summed E-state index contributed by atoms with van der Waals surface area (Å²) in [6.45, 7) is 2.20. The molecule has 0 spiro atoms. The maximum atomic E-state index is 11.2. The van der Waals surface area contributed by atoms with Gasteiger partial charge in [0, 0.05) is 6.54 Å². The molecule has 6 nitrogen and oxygen atoms in total. The van der Waals surface area contributed by atoms with Gasteiger partial charge in [-0.2, -0.15) is 0 Å². The van der Waals surface area contributed by atoms with Crippen LogP contribution in [0.5, 0.6) is 0 Å². The van der Waals surface area contributed by atoms with Crippen LogP contribution in [0.2, 0.25) is 0 Å². The first-order chi connectivity index (χ1) is 6.36. The summed E-state index contributed by atoms with van der Waals surface area (Å²) in [6.07, 6.45) is -0.653. The number of carbonyl (C=O) groups excluding carboxylic acids is 1. The molecule has 1 fully saturated rings. The lowest BCUT2D eigenvalue weighted by Gasteiger charge is -2.10. The van der Waals surface area contributed by atoms with Crippen LogP contribution < -0.4 is 5.32 Å². The molecule has 1 unspecified atom stereocenters. The SMILES string of the molecule is O=C(OC1NCCO1)C1=NCCO1. The van der Waals surface area contributed by atoms with Gasteiger partial charge in [-0.15, -0.1) is 0 Å². The number of carbonyl (C=O) groups is 1. The van der Waals surface area contributed by atoms with Gasteiger partial charge in [-0.25, -0.2) is 9.79 Å². The summed E-state index contributed by atoms with van der Waals surface area (Å²) in [7, 11) is 0. The number of esters is 1. The molecule has 1 atom stereocenters. The topological polar surface area (TPSA) is 69.2 Å². The molecule has 0 aliphatic carbocycles. The normalized spacial score (nSPS) is 26.8. The van der Waals surface area contributed by atoms with E-state index in [4.69, 9.17) is 14.2 Å². The third-order valence-electron chi connectivity index (χ3n) is 1.66. The summed E-state index contributed by atoms with van der Waals surface area (Å²) in [5.74, 6) is -0.533. The Morgan fingerprint density at radius 3 is 3.15 bits per heavy atom. The van der Waals surface area contributed by atoms with Gasteiger partial charge in [-0.3, -0.25) is 5.32 Å². The van der Waals surface area contributed by atoms with Crippen molar-refractivity contribution >= 4 is 11.9 Å². The zero-order valence-electron chi connectivity index (χ0n) is 6.99. The van der Waals surface area contributed by atoms with Crippen LogP contribution >= 0.6 is 0 Å². The highest BCUT2D eigenvalue weighted by molar-refractivity contribution is 6.32. The molecule has 0 aromatic heterocycles. The molecule has 1 N–H and O–H groups in total. The van der Waals surface area contributed by atoms with Crippen molar-refractivity contribution in [3.8, 4) is 0 Å². The summed E-state index contributed by atoms with van der Waals surface area (Å²) in [6, 6.07) is 0. The molecule has 6 heteroatoms. The van der Waals surface area contributed by atoms with E-state index >= 15 is 0 Å². The summed E-state index contributed by atoms with van der Waals surface area (Å²) < 4.78 is 14.8. The number of hydrogen-bond acceptors (Lipinski definition) is 6. The maximum Gasteiger partial charge on any atom is 0.397 e. The zero-order chi connectivity index (χ0) is 9.10. The Bertz CT molecular complexity index is 235. The maximum absolute atomic E-state index is 11.2. The first-order valence-corrected chi connectivity index (χ1v) is 4.09. The van der Waals surface area contributed by atoms with Crippen LogP contribution in [-0.4, -0.2) is 44.6 Å². The van der Waals surface area contributed by atoms with Crippen molar-refractivity contribution in [2.45, 2.75) is 6.41 Å². The van der Waals surface area contributed by atoms with E-state index in [0.29, 0.717) is 26.3 Å². The highest BCUT2D eigenvalue weighted by Crippen LogP contribution is 2.02. The number of nitrogens with one attached hydrogen (secondary N) is 1. The van der Waals surface area contributed by atoms with E-state index in [9.17, 15) is 4.79 Å². The van der Waals surface area contributed by atoms with Crippen LogP contribution in [0.15, 0.2) is 4.99 Å². The number of ether oxygens (including phenoxy) is 3. The Balaban J connectivity index is 1.83. The van der Waals surface area contributed by atoms with Crippen molar-refractivity contribution in [1.82, 2.24) is 5.32 Å². The highest BCUT2D eigenvalue weighted by Gasteiger charge is 2.25. The number of rotatable bonds is 2. The number of aliphatic imine (C=N–C) groups is 1. The molecule has 0 aromatic carbocycles. The van der Waals surface area contributed by atoms with E-state index in [1.54, 1.807) is 0 Å². The van der Waals surface area contributed by atoms with Crippen molar-refractivity contribution in [1.29, 1.82) is 0 Å². The standard InChI is InChI=1S/C7H10N2O4/c10-6(5-8-1-3-11-5)13-7-9-2-4-12-7/h7,9H,1-4H2. The van der Waals surface area contributed by atoms with E-state index in [1.807, 2.05) is 0 Å². The third kappa shape index (κ3) is 1.96. The molecule has 0 amide bonds. The van der Waals surface area contributed by atoms with Crippen LogP contribution in [0.1, 0.15) is 0 Å². The largest absolute Gasteiger partial charge is 0.471 e. The number of hydrogen-bond donors (Lipinski definition) is 1. The van der Waals surface area contributed by atoms with E-state index in [0.717, 1.165) is 0 Å². The molecule has 0 aromatic rings. The van der Waals surface area contributed by atoms with E-state index in [1.165, 1.54) is 0 Å². The third-order valence-corrected chi connectivity index (χ3v) is 1.66. The molecule has 0 radical (unpaired) electrons. The smallest absolute Gasteiger partial charge is 0.397 e. The molecule has 0 bridgehead atoms. The monoisotopic (exact) mass is 186 g/mol. The van der Waals surface area contributed by atoms with Gasteiger partial charge in [0.15, 0.2) is 0 Å². The quantitative estimate of drug-likeness (QED) is 0.552. The Morgan fingerprint density at radius 2 is 2.54 bits per heavy atom. The Morgan fingerprint density at radius 1 is 1.62 bits per heavy atom. The van der Waals surface area contributed by atoms with Gasteiger partial charge >= 0.3 is 5.97 Å². The minimum atomic E-state index is -0.653. The van der Waals surface area contributed by atoms with Gasteiger partial charge in [-0.1, -0.05) is 0 Å². The van der Waals surface area contributed by atoms with Crippen LogP contribution in [0.3, 0.4) is 0 Å². The molecule has 72 valence electrons. The molecular weight excluding hydrogens is 176 g/mol. The minimum Gasteiger partial charge on any atom is -0.471 e. The molecule has 2 rings (SSSR count). The van der Waals surface area contributed by atoms with Crippen molar-refractivity contribution < 1.29 is 19.0 Å². The van der Waals surface area contributed by atoms with Crippen LogP contribution in [0.4, 0.5) is 0 Å². The lowest BCUT2D eigenvalue weighted by atomic mass is 10.7. The molecule has 13 heavy (non-hydrogen) atoms. The average Bonchev–Trinajstić information content (AvgIpc) is 2.74. The lowest BCUT2D eigenvalue weighted by molar-refractivity contribution is -0.166. The second-order valence-corrected chi connectivity index (χ2v) is 2.60. The second-order valence-electron chi connectivity index (χ2n) is 2.60. The van der Waals surface area contributed by atoms with Crippen LogP contribution in [0.25, 0.3) is 0 Å². The molecular formula is C7H10N2O4. The predicted molar refractivity (Wildman–Crippen MR) is 42.1 cm³/mol. The van der Waals surface area contributed by atoms with Crippen molar-refractivity contribution in [2.24, 2.45) is 4.99 Å². The van der Waals surface area contributed by atoms with Gasteiger partial charge in [-0.05, 0) is 0 Å². The van der Waals surface area contributed by atoms with Crippen LogP contribution in [-0.2, 0) is 19.0 Å². The predicted octanol–water partition coefficient (Wildman–Crippen LogP) is -1.14. The Kier molecular flexibility index (Phi) is 2.42. The van der Waals surface area contributed by atoms with E-state index < -0.39 is 12.4 Å². The Labute approximate surface area is 74.9 Å². The van der Waals surface area contributed by atoms with Gasteiger partial charge < -0.3 is 14.2 Å². The first kappa shape index (κ1) is 8.46. The van der Waals surface area contributed by atoms with Gasteiger partial charge in [0.05, 0.1) is 13.2 Å². The lowest BCUT2D eigenvalue weighted by Crippen LogP contribution is -2.32. The first-order valence-electron chi connectivity index (χ1n) is 4.09. The number of nitrogens with zero attached hydrogens (tertiary/aromatic N) is 1. The van der Waals surface area contributed by atoms with Gasteiger partial charge in [0.2, 0.25) is 0 Å². The van der Waals surface area contributed by atoms with Gasteiger partial charge in [0.1, 0.15) is 6.61 Å². The summed E-state index contributed by atoms with van der Waals surface area (Å²) >= 11 is 0. The average molecular weight is 186 g/mol. The zero-order valence-corrected chi connectivity index (χ0v) is 6.99. The summed E-state index contributed by atoms with van der Waals surface area (Å²) in [5, 5.41) is 2.84. The molecule has 1 saturated heterocycles. The summed E-state index contributed by atoms with van der Waals surface area (Å²) in [5.41, 5.74) is 0. The molecule has 2 heterocycles. The molecule has 0 saturated carbocycles. The van der Waals surface area contributed by atoms with Crippen molar-refractivity contribution in [3.05, 3.63) is 0 Å². The van der Waals surface area contributed by atoms with Crippen molar-refractivity contribution in [2.75, 3.05) is 26.3 Å². The fourth-order valence-electron chi connectivity index (χ4n) is 1.08. The second kappa shape index (κ2) is 3.71. The fourth-order valence-corrected chi connectivity index (χ4v) is 1.08. The molecule has 2 aliphatic rings.